The number of fused-ring (bicyclic) bond motifs is 1. The number of anilines is 1. The summed E-state index contributed by atoms with van der Waals surface area (Å²) in [7, 11) is 0. The van der Waals surface area contributed by atoms with Gasteiger partial charge in [-0.25, -0.2) is 24.0 Å². The number of nitrogens with one attached hydrogen (secondary N) is 2. The first-order valence-electron chi connectivity index (χ1n) is 10.7. The Balaban J connectivity index is 1.59. The second kappa shape index (κ2) is 9.24. The predicted molar refractivity (Wildman–Crippen MR) is 117 cm³/mol. The lowest BCUT2D eigenvalue weighted by Crippen LogP contribution is -2.67. The number of amides is 4. The van der Waals surface area contributed by atoms with Crippen molar-refractivity contribution >= 4 is 23.5 Å². The van der Waals surface area contributed by atoms with Crippen LogP contribution in [0.1, 0.15) is 19.4 Å². The Morgan fingerprint density at radius 2 is 1.64 bits per heavy atom. The summed E-state index contributed by atoms with van der Waals surface area (Å²) < 4.78 is 26.5. The van der Waals surface area contributed by atoms with Crippen LogP contribution in [-0.4, -0.2) is 63.9 Å². The SMILES string of the molecule is CCN1NC(C)C2C1C(=O)N(Cc1ccc(F)cc1)C(=O)N2CC(=O)Nc1ccc(F)cc1. The number of hydrogen-bond donors (Lipinski definition) is 2. The zero-order valence-electron chi connectivity index (χ0n) is 18.3. The number of nitrogens with zero attached hydrogens (tertiary/aromatic N) is 3. The standard InChI is InChI=1S/C23H25F2N5O3/c1-3-30-21-20(14(2)27-30)28(13-19(31)26-18-10-8-17(25)9-11-18)23(33)29(22(21)32)12-15-4-6-16(24)7-5-15/h4-11,14,20-21,27H,3,12-13H2,1-2H3,(H,26,31). The molecule has 33 heavy (non-hydrogen) atoms. The van der Waals surface area contributed by atoms with Gasteiger partial charge in [-0.3, -0.25) is 14.5 Å². The van der Waals surface area contributed by atoms with Crippen molar-refractivity contribution in [1.29, 1.82) is 0 Å². The van der Waals surface area contributed by atoms with Gasteiger partial charge in [0.05, 0.1) is 12.6 Å². The van der Waals surface area contributed by atoms with Crippen LogP contribution < -0.4 is 10.7 Å². The van der Waals surface area contributed by atoms with Gasteiger partial charge in [0.2, 0.25) is 5.91 Å². The molecule has 2 saturated heterocycles. The summed E-state index contributed by atoms with van der Waals surface area (Å²) in [6, 6.07) is 8.81. The summed E-state index contributed by atoms with van der Waals surface area (Å²) in [5.41, 5.74) is 4.21. The van der Waals surface area contributed by atoms with Gasteiger partial charge in [0.25, 0.3) is 5.91 Å². The molecule has 174 valence electrons. The Labute approximate surface area is 190 Å². The lowest BCUT2D eigenvalue weighted by Gasteiger charge is -2.43. The number of rotatable bonds is 6. The number of hydrazine groups is 1. The molecule has 2 heterocycles. The minimum absolute atomic E-state index is 0.0385. The average molecular weight is 457 g/mol. The third kappa shape index (κ3) is 4.57. The van der Waals surface area contributed by atoms with E-state index in [4.69, 9.17) is 0 Å². The van der Waals surface area contributed by atoms with Crippen molar-refractivity contribution in [2.24, 2.45) is 0 Å². The molecule has 0 spiro atoms. The summed E-state index contributed by atoms with van der Waals surface area (Å²) >= 11 is 0. The van der Waals surface area contributed by atoms with E-state index >= 15 is 0 Å². The smallest absolute Gasteiger partial charge is 0.325 e. The van der Waals surface area contributed by atoms with Crippen molar-refractivity contribution in [2.75, 3.05) is 18.4 Å². The average Bonchev–Trinajstić information content (AvgIpc) is 3.13. The Bertz CT molecular complexity index is 1050. The van der Waals surface area contributed by atoms with Crippen LogP contribution in [0, 0.1) is 11.6 Å². The maximum Gasteiger partial charge on any atom is 0.327 e. The molecule has 0 aromatic heterocycles. The van der Waals surface area contributed by atoms with E-state index in [9.17, 15) is 23.2 Å². The molecule has 4 rings (SSSR count). The van der Waals surface area contributed by atoms with E-state index in [1.54, 1.807) is 5.01 Å². The first-order chi connectivity index (χ1) is 15.8. The third-order valence-corrected chi connectivity index (χ3v) is 5.93. The van der Waals surface area contributed by atoms with Crippen LogP contribution in [0.15, 0.2) is 48.5 Å². The molecule has 0 radical (unpaired) electrons. The van der Waals surface area contributed by atoms with Crippen molar-refractivity contribution in [1.82, 2.24) is 20.2 Å². The Kier molecular flexibility index (Phi) is 6.39. The van der Waals surface area contributed by atoms with E-state index in [2.05, 4.69) is 10.7 Å². The van der Waals surface area contributed by atoms with E-state index in [0.717, 1.165) is 4.90 Å². The molecule has 2 N–H and O–H groups in total. The van der Waals surface area contributed by atoms with E-state index in [1.165, 1.54) is 53.4 Å². The highest BCUT2D eigenvalue weighted by molar-refractivity contribution is 6.03. The van der Waals surface area contributed by atoms with E-state index in [0.29, 0.717) is 17.8 Å². The second-order valence-corrected chi connectivity index (χ2v) is 8.16. The van der Waals surface area contributed by atoms with Crippen LogP contribution in [0.5, 0.6) is 0 Å². The Hall–Kier alpha value is -3.37. The molecule has 0 bridgehead atoms. The highest BCUT2D eigenvalue weighted by atomic mass is 19.1. The normalized spacial score (nSPS) is 23.1. The number of urea groups is 1. The predicted octanol–water partition coefficient (Wildman–Crippen LogP) is 2.33. The fourth-order valence-corrected chi connectivity index (χ4v) is 4.40. The molecule has 0 aliphatic carbocycles. The maximum absolute atomic E-state index is 13.4. The first-order valence-corrected chi connectivity index (χ1v) is 10.7. The molecule has 2 aliphatic heterocycles. The molecule has 8 nitrogen and oxygen atoms in total. The van der Waals surface area contributed by atoms with Gasteiger partial charge in [-0.15, -0.1) is 0 Å². The van der Waals surface area contributed by atoms with Gasteiger partial charge in [0, 0.05) is 18.3 Å². The number of halogens is 2. The quantitative estimate of drug-likeness (QED) is 0.696. The first kappa shape index (κ1) is 22.8. The fraction of sp³-hybridized carbons (Fsp3) is 0.348. The summed E-state index contributed by atoms with van der Waals surface area (Å²) in [5.74, 6) is -1.68. The van der Waals surface area contributed by atoms with Gasteiger partial charge in [-0.2, -0.15) is 0 Å². The van der Waals surface area contributed by atoms with Crippen LogP contribution >= 0.6 is 0 Å². The molecule has 2 aliphatic rings. The minimum atomic E-state index is -0.665. The molecule has 10 heteroatoms. The summed E-state index contributed by atoms with van der Waals surface area (Å²) in [6.07, 6.45) is 0. The van der Waals surface area contributed by atoms with Gasteiger partial charge in [-0.1, -0.05) is 19.1 Å². The number of likely N-dealkylation sites (N-methyl/N-ethyl adjacent to an activating group) is 1. The Morgan fingerprint density at radius 1 is 1.03 bits per heavy atom. The number of hydrogen-bond acceptors (Lipinski definition) is 5. The highest BCUT2D eigenvalue weighted by Gasteiger charge is 2.54. The molecule has 2 fully saturated rings. The van der Waals surface area contributed by atoms with Crippen molar-refractivity contribution in [3.05, 3.63) is 65.7 Å². The lowest BCUT2D eigenvalue weighted by molar-refractivity contribution is -0.140. The second-order valence-electron chi connectivity index (χ2n) is 8.16. The zero-order valence-corrected chi connectivity index (χ0v) is 18.3. The highest BCUT2D eigenvalue weighted by Crippen LogP contribution is 2.29. The zero-order chi connectivity index (χ0) is 23.7. The number of benzene rings is 2. The van der Waals surface area contributed by atoms with Gasteiger partial charge >= 0.3 is 6.03 Å². The number of carbonyl (C=O) groups excluding carboxylic acids is 3. The molecular formula is C23H25F2N5O3. The molecular weight excluding hydrogens is 432 g/mol. The molecule has 4 amide bonds. The fourth-order valence-electron chi connectivity index (χ4n) is 4.40. The van der Waals surface area contributed by atoms with Crippen LogP contribution in [0.25, 0.3) is 0 Å². The van der Waals surface area contributed by atoms with Crippen LogP contribution in [0.3, 0.4) is 0 Å². The van der Waals surface area contributed by atoms with E-state index in [1.807, 2.05) is 13.8 Å². The third-order valence-electron chi connectivity index (χ3n) is 5.93. The molecule has 3 unspecified atom stereocenters. The molecule has 2 aromatic rings. The van der Waals surface area contributed by atoms with Crippen LogP contribution in [0.4, 0.5) is 19.3 Å². The Morgan fingerprint density at radius 3 is 2.24 bits per heavy atom. The topological polar surface area (TPSA) is 85.0 Å². The largest absolute Gasteiger partial charge is 0.327 e. The van der Waals surface area contributed by atoms with Gasteiger partial charge in [0.15, 0.2) is 0 Å². The molecule has 2 aromatic carbocycles. The summed E-state index contributed by atoms with van der Waals surface area (Å²) in [6.45, 7) is 3.94. The minimum Gasteiger partial charge on any atom is -0.325 e. The summed E-state index contributed by atoms with van der Waals surface area (Å²) in [5, 5.41) is 4.43. The van der Waals surface area contributed by atoms with Crippen molar-refractivity contribution in [2.45, 2.75) is 38.5 Å². The van der Waals surface area contributed by atoms with E-state index < -0.39 is 35.7 Å². The van der Waals surface area contributed by atoms with E-state index in [-0.39, 0.29) is 25.0 Å². The van der Waals surface area contributed by atoms with Crippen molar-refractivity contribution in [3.63, 3.8) is 0 Å². The van der Waals surface area contributed by atoms with Gasteiger partial charge in [0.1, 0.15) is 24.2 Å². The van der Waals surface area contributed by atoms with Gasteiger partial charge < -0.3 is 10.2 Å². The lowest BCUT2D eigenvalue weighted by atomic mass is 9.97. The maximum atomic E-state index is 13.4. The summed E-state index contributed by atoms with van der Waals surface area (Å²) in [4.78, 5) is 42.0. The van der Waals surface area contributed by atoms with Crippen LogP contribution in [-0.2, 0) is 16.1 Å². The van der Waals surface area contributed by atoms with Crippen molar-refractivity contribution < 1.29 is 23.2 Å². The monoisotopic (exact) mass is 457 g/mol. The van der Waals surface area contributed by atoms with Crippen molar-refractivity contribution in [3.8, 4) is 0 Å². The number of carbonyl (C=O) groups is 3. The van der Waals surface area contributed by atoms with Gasteiger partial charge in [-0.05, 0) is 48.9 Å². The molecule has 0 saturated carbocycles. The number of imide groups is 1. The van der Waals surface area contributed by atoms with Crippen LogP contribution in [0.2, 0.25) is 0 Å². The molecule has 3 atom stereocenters.